The molecule has 0 aliphatic heterocycles. The molecule has 0 aliphatic carbocycles. The Hall–Kier alpha value is -2.60. The molecule has 0 aromatic heterocycles. The fourth-order valence-corrected chi connectivity index (χ4v) is 2.08. The monoisotopic (exact) mass is 335 g/mol. The molecule has 6 heteroatoms. The van der Waals surface area contributed by atoms with Crippen molar-refractivity contribution in [1.82, 2.24) is 5.32 Å². The quantitative estimate of drug-likeness (QED) is 0.823. The average Bonchev–Trinajstić information content (AvgIpc) is 2.56. The maximum absolute atomic E-state index is 13.2. The minimum Gasteiger partial charge on any atom is -0.386 e. The van der Waals surface area contributed by atoms with E-state index in [-0.39, 0.29) is 11.4 Å². The predicted molar refractivity (Wildman–Crippen MR) is 84.4 cm³/mol. The van der Waals surface area contributed by atoms with Gasteiger partial charge in [-0.1, -0.05) is 18.2 Å². The van der Waals surface area contributed by atoms with E-state index in [1.165, 1.54) is 49.4 Å². The summed E-state index contributed by atoms with van der Waals surface area (Å²) in [5.41, 5.74) is 0.796. The molecule has 126 valence electrons. The second-order valence-electron chi connectivity index (χ2n) is 5.30. The Morgan fingerprint density at radius 3 is 2.38 bits per heavy atom. The van der Waals surface area contributed by atoms with Gasteiger partial charge in [-0.3, -0.25) is 4.79 Å². The van der Waals surface area contributed by atoms with E-state index in [0.717, 1.165) is 12.1 Å². The van der Waals surface area contributed by atoms with Gasteiger partial charge in [0.2, 0.25) is 5.91 Å². The van der Waals surface area contributed by atoms with Crippen molar-refractivity contribution in [3.8, 4) is 0 Å². The number of nitrogens with one attached hydrogen (secondary N) is 1. The maximum atomic E-state index is 13.2. The van der Waals surface area contributed by atoms with E-state index in [2.05, 4.69) is 5.32 Å². The van der Waals surface area contributed by atoms with Gasteiger partial charge in [0.15, 0.2) is 11.6 Å². The SMILES string of the molecule is CC(NC(=O)/C=C/c1ccc(F)cc1)C(O)c1ccc(F)c(F)c1. The van der Waals surface area contributed by atoms with Gasteiger partial charge >= 0.3 is 0 Å². The van der Waals surface area contributed by atoms with Gasteiger partial charge in [-0.05, 0) is 48.4 Å². The van der Waals surface area contributed by atoms with E-state index in [1.807, 2.05) is 0 Å². The van der Waals surface area contributed by atoms with E-state index in [0.29, 0.717) is 5.56 Å². The van der Waals surface area contributed by atoms with Gasteiger partial charge in [-0.15, -0.1) is 0 Å². The molecule has 0 spiro atoms. The highest BCUT2D eigenvalue weighted by Crippen LogP contribution is 2.19. The maximum Gasteiger partial charge on any atom is 0.244 e. The van der Waals surface area contributed by atoms with Gasteiger partial charge in [0.1, 0.15) is 5.82 Å². The second kappa shape index (κ2) is 7.79. The van der Waals surface area contributed by atoms with Crippen LogP contribution in [0.25, 0.3) is 6.08 Å². The van der Waals surface area contributed by atoms with Gasteiger partial charge in [0, 0.05) is 6.08 Å². The Balaban J connectivity index is 1.97. The number of hydrogen-bond donors (Lipinski definition) is 2. The molecule has 0 saturated heterocycles. The van der Waals surface area contributed by atoms with Crippen molar-refractivity contribution in [2.45, 2.75) is 19.1 Å². The first-order valence-corrected chi connectivity index (χ1v) is 7.24. The van der Waals surface area contributed by atoms with Crippen molar-refractivity contribution in [2.75, 3.05) is 0 Å². The molecular weight excluding hydrogens is 319 g/mol. The van der Waals surface area contributed by atoms with Crippen LogP contribution in [0.2, 0.25) is 0 Å². The van der Waals surface area contributed by atoms with Gasteiger partial charge in [-0.25, -0.2) is 13.2 Å². The Morgan fingerprint density at radius 2 is 1.75 bits per heavy atom. The summed E-state index contributed by atoms with van der Waals surface area (Å²) < 4.78 is 38.9. The lowest BCUT2D eigenvalue weighted by molar-refractivity contribution is -0.117. The van der Waals surface area contributed by atoms with E-state index < -0.39 is 29.7 Å². The Bertz CT molecular complexity index is 744. The molecule has 0 saturated carbocycles. The third-order valence-electron chi connectivity index (χ3n) is 3.43. The number of rotatable bonds is 5. The number of hydrogen-bond acceptors (Lipinski definition) is 2. The molecule has 0 fully saturated rings. The molecule has 0 bridgehead atoms. The van der Waals surface area contributed by atoms with E-state index in [4.69, 9.17) is 0 Å². The molecule has 1 amide bonds. The summed E-state index contributed by atoms with van der Waals surface area (Å²) >= 11 is 0. The number of aliphatic hydroxyl groups is 1. The zero-order valence-electron chi connectivity index (χ0n) is 12.8. The first-order chi connectivity index (χ1) is 11.4. The van der Waals surface area contributed by atoms with Crippen LogP contribution in [0.4, 0.5) is 13.2 Å². The van der Waals surface area contributed by atoms with Crippen LogP contribution < -0.4 is 5.32 Å². The number of carbonyl (C=O) groups excluding carboxylic acids is 1. The zero-order chi connectivity index (χ0) is 17.7. The number of carbonyl (C=O) groups is 1. The zero-order valence-corrected chi connectivity index (χ0v) is 12.8. The summed E-state index contributed by atoms with van der Waals surface area (Å²) in [4.78, 5) is 11.8. The molecule has 0 aliphatic rings. The topological polar surface area (TPSA) is 49.3 Å². The van der Waals surface area contributed by atoms with Crippen LogP contribution in [0.1, 0.15) is 24.2 Å². The lowest BCUT2D eigenvalue weighted by Crippen LogP contribution is -2.36. The predicted octanol–water partition coefficient (Wildman–Crippen LogP) is 3.36. The highest BCUT2D eigenvalue weighted by Gasteiger charge is 2.19. The Kier molecular flexibility index (Phi) is 5.76. The van der Waals surface area contributed by atoms with E-state index >= 15 is 0 Å². The molecule has 0 radical (unpaired) electrons. The molecule has 0 heterocycles. The lowest BCUT2D eigenvalue weighted by atomic mass is 10.0. The molecule has 2 atom stereocenters. The van der Waals surface area contributed by atoms with Crippen LogP contribution in [0.3, 0.4) is 0 Å². The van der Waals surface area contributed by atoms with Gasteiger partial charge in [0.05, 0.1) is 12.1 Å². The largest absolute Gasteiger partial charge is 0.386 e. The van der Waals surface area contributed by atoms with Gasteiger partial charge in [0.25, 0.3) is 0 Å². The lowest BCUT2D eigenvalue weighted by Gasteiger charge is -2.20. The van der Waals surface area contributed by atoms with Crippen molar-refractivity contribution >= 4 is 12.0 Å². The van der Waals surface area contributed by atoms with Gasteiger partial charge < -0.3 is 10.4 Å². The van der Waals surface area contributed by atoms with Crippen molar-refractivity contribution in [2.24, 2.45) is 0 Å². The van der Waals surface area contributed by atoms with Crippen molar-refractivity contribution in [1.29, 1.82) is 0 Å². The van der Waals surface area contributed by atoms with Crippen LogP contribution in [0.15, 0.2) is 48.5 Å². The fourth-order valence-electron chi connectivity index (χ4n) is 2.08. The highest BCUT2D eigenvalue weighted by molar-refractivity contribution is 5.91. The summed E-state index contributed by atoms with van der Waals surface area (Å²) in [6.07, 6.45) is 1.54. The standard InChI is InChI=1S/C18H16F3NO2/c1-11(18(24)13-5-8-15(20)16(21)10-13)22-17(23)9-4-12-2-6-14(19)7-3-12/h2-11,18,24H,1H3,(H,22,23)/b9-4+. The first kappa shape index (κ1) is 17.7. The smallest absolute Gasteiger partial charge is 0.244 e. The third-order valence-corrected chi connectivity index (χ3v) is 3.43. The van der Waals surface area contributed by atoms with Crippen LogP contribution in [0.5, 0.6) is 0 Å². The van der Waals surface area contributed by atoms with Crippen molar-refractivity contribution in [3.63, 3.8) is 0 Å². The molecule has 2 rings (SSSR count). The minimum atomic E-state index is -1.19. The Morgan fingerprint density at radius 1 is 1.08 bits per heavy atom. The number of amides is 1. The van der Waals surface area contributed by atoms with Crippen LogP contribution in [0, 0.1) is 17.5 Å². The number of benzene rings is 2. The molecular formula is C18H16F3NO2. The summed E-state index contributed by atoms with van der Waals surface area (Å²) in [6.45, 7) is 1.54. The Labute approximate surface area is 137 Å². The molecule has 3 nitrogen and oxygen atoms in total. The van der Waals surface area contributed by atoms with Gasteiger partial charge in [-0.2, -0.15) is 0 Å². The number of halogens is 3. The molecule has 2 N–H and O–H groups in total. The van der Waals surface area contributed by atoms with E-state index in [1.54, 1.807) is 0 Å². The normalized spacial score (nSPS) is 13.7. The summed E-state index contributed by atoms with van der Waals surface area (Å²) in [5, 5.41) is 12.6. The van der Waals surface area contributed by atoms with Crippen LogP contribution in [-0.4, -0.2) is 17.1 Å². The second-order valence-corrected chi connectivity index (χ2v) is 5.30. The molecule has 2 aromatic carbocycles. The minimum absolute atomic E-state index is 0.157. The summed E-state index contributed by atoms with van der Waals surface area (Å²) in [7, 11) is 0. The summed E-state index contributed by atoms with van der Waals surface area (Å²) in [5.74, 6) is -2.93. The summed E-state index contributed by atoms with van der Waals surface area (Å²) in [6, 6.07) is 7.89. The average molecular weight is 335 g/mol. The molecule has 2 aromatic rings. The van der Waals surface area contributed by atoms with Crippen molar-refractivity contribution in [3.05, 3.63) is 77.1 Å². The molecule has 2 unspecified atom stereocenters. The van der Waals surface area contributed by atoms with Crippen LogP contribution in [-0.2, 0) is 4.79 Å². The molecule has 24 heavy (non-hydrogen) atoms. The fraction of sp³-hybridized carbons (Fsp3) is 0.167. The number of aliphatic hydroxyl groups excluding tert-OH is 1. The van der Waals surface area contributed by atoms with Crippen molar-refractivity contribution < 1.29 is 23.1 Å². The third kappa shape index (κ3) is 4.70. The first-order valence-electron chi connectivity index (χ1n) is 7.24. The highest BCUT2D eigenvalue weighted by atomic mass is 19.2. The van der Waals surface area contributed by atoms with E-state index in [9.17, 15) is 23.1 Å². The van der Waals surface area contributed by atoms with Crippen LogP contribution >= 0.6 is 0 Å².